The number of aromatic amines is 1. The Bertz CT molecular complexity index is 389. The topological polar surface area (TPSA) is 59.9 Å². The van der Waals surface area contributed by atoms with Gasteiger partial charge in [-0.15, -0.1) is 0 Å². The normalized spacial score (nSPS) is 12.2. The third-order valence-electron chi connectivity index (χ3n) is 2.85. The molecule has 1 atom stereocenters. The molecule has 0 bridgehead atoms. The minimum atomic E-state index is -0.536. The zero-order valence-corrected chi connectivity index (χ0v) is 10.6. The van der Waals surface area contributed by atoms with Gasteiger partial charge in [-0.1, -0.05) is 13.8 Å². The van der Waals surface area contributed by atoms with Gasteiger partial charge < -0.3 is 9.88 Å². The van der Waals surface area contributed by atoms with E-state index in [0.717, 1.165) is 6.42 Å². The summed E-state index contributed by atoms with van der Waals surface area (Å²) in [5.74, 6) is -0.563. The first-order chi connectivity index (χ1) is 8.06. The zero-order chi connectivity index (χ0) is 12.8. The number of nitrogens with one attached hydrogen (secondary N) is 1. The van der Waals surface area contributed by atoms with Crippen molar-refractivity contribution in [2.75, 3.05) is 13.6 Å². The number of hydrogen-bond donors (Lipinski definition) is 1. The lowest BCUT2D eigenvalue weighted by Crippen LogP contribution is -2.35. The van der Waals surface area contributed by atoms with Crippen molar-refractivity contribution in [2.45, 2.75) is 20.3 Å². The molecule has 4 heteroatoms. The number of amides is 1. The molecule has 0 aliphatic heterocycles. The van der Waals surface area contributed by atoms with E-state index in [9.17, 15) is 4.79 Å². The largest absolute Gasteiger partial charge is 0.367 e. The fourth-order valence-corrected chi connectivity index (χ4v) is 1.65. The Kier molecular flexibility index (Phi) is 4.77. The van der Waals surface area contributed by atoms with E-state index < -0.39 is 5.92 Å². The average Bonchev–Trinajstić information content (AvgIpc) is 2.78. The molecular formula is C13H19N3O. The smallest absolute Gasteiger partial charge is 0.239 e. The van der Waals surface area contributed by atoms with Gasteiger partial charge in [-0.25, -0.2) is 0 Å². The maximum atomic E-state index is 12.0. The van der Waals surface area contributed by atoms with Crippen LogP contribution in [-0.2, 0) is 11.2 Å². The molecule has 0 spiro atoms. The van der Waals surface area contributed by atoms with Crippen LogP contribution in [0.1, 0.15) is 19.4 Å². The lowest BCUT2D eigenvalue weighted by atomic mass is 9.96. The van der Waals surface area contributed by atoms with E-state index in [-0.39, 0.29) is 11.8 Å². The highest BCUT2D eigenvalue weighted by Gasteiger charge is 2.24. The fraction of sp³-hybridized carbons (Fsp3) is 0.538. The molecule has 1 heterocycles. The number of carbonyl (C=O) groups is 1. The summed E-state index contributed by atoms with van der Waals surface area (Å²) in [5.41, 5.74) is 1.17. The van der Waals surface area contributed by atoms with E-state index in [4.69, 9.17) is 5.26 Å². The molecular weight excluding hydrogens is 214 g/mol. The summed E-state index contributed by atoms with van der Waals surface area (Å²) in [6.45, 7) is 4.43. The van der Waals surface area contributed by atoms with E-state index in [0.29, 0.717) is 6.54 Å². The lowest BCUT2D eigenvalue weighted by molar-refractivity contribution is -0.133. The molecule has 0 aliphatic carbocycles. The highest BCUT2D eigenvalue weighted by molar-refractivity contribution is 5.81. The number of carbonyl (C=O) groups excluding carboxylic acids is 1. The average molecular weight is 233 g/mol. The van der Waals surface area contributed by atoms with Crippen molar-refractivity contribution in [2.24, 2.45) is 11.8 Å². The van der Waals surface area contributed by atoms with Gasteiger partial charge in [0.2, 0.25) is 5.91 Å². The number of H-pyrrole nitrogens is 1. The van der Waals surface area contributed by atoms with Gasteiger partial charge in [-0.2, -0.15) is 5.26 Å². The third-order valence-corrected chi connectivity index (χ3v) is 2.85. The summed E-state index contributed by atoms with van der Waals surface area (Å²) in [4.78, 5) is 16.6. The molecule has 0 saturated heterocycles. The quantitative estimate of drug-likeness (QED) is 0.843. The van der Waals surface area contributed by atoms with Crippen LogP contribution in [-0.4, -0.2) is 29.4 Å². The van der Waals surface area contributed by atoms with Crippen LogP contribution >= 0.6 is 0 Å². The predicted octanol–water partition coefficient (Wildman–Crippen LogP) is 1.81. The second-order valence-electron chi connectivity index (χ2n) is 4.58. The molecule has 1 aromatic rings. The second kappa shape index (κ2) is 6.09. The number of hydrogen-bond acceptors (Lipinski definition) is 2. The van der Waals surface area contributed by atoms with Gasteiger partial charge in [-0.3, -0.25) is 4.79 Å². The van der Waals surface area contributed by atoms with Crippen LogP contribution in [0.5, 0.6) is 0 Å². The number of likely N-dealkylation sites (N-methyl/N-ethyl adjacent to an activating group) is 1. The minimum Gasteiger partial charge on any atom is -0.367 e. The van der Waals surface area contributed by atoms with Crippen LogP contribution in [0.2, 0.25) is 0 Å². The molecule has 1 amide bonds. The summed E-state index contributed by atoms with van der Waals surface area (Å²) in [6, 6.07) is 4.07. The molecule has 1 unspecified atom stereocenters. The number of rotatable bonds is 5. The molecule has 0 aliphatic rings. The Morgan fingerprint density at radius 2 is 2.29 bits per heavy atom. The van der Waals surface area contributed by atoms with Gasteiger partial charge >= 0.3 is 0 Å². The van der Waals surface area contributed by atoms with E-state index >= 15 is 0 Å². The monoisotopic (exact) mass is 233 g/mol. The predicted molar refractivity (Wildman–Crippen MR) is 66.1 cm³/mol. The summed E-state index contributed by atoms with van der Waals surface area (Å²) in [5, 5.41) is 8.97. The van der Waals surface area contributed by atoms with Crippen LogP contribution in [0.25, 0.3) is 0 Å². The second-order valence-corrected chi connectivity index (χ2v) is 4.58. The molecule has 17 heavy (non-hydrogen) atoms. The highest BCUT2D eigenvalue weighted by Crippen LogP contribution is 2.13. The highest BCUT2D eigenvalue weighted by atomic mass is 16.2. The zero-order valence-electron chi connectivity index (χ0n) is 10.6. The Morgan fingerprint density at radius 1 is 1.59 bits per heavy atom. The van der Waals surface area contributed by atoms with Crippen LogP contribution < -0.4 is 0 Å². The molecule has 0 fully saturated rings. The SMILES string of the molecule is CC(C)C(C#N)C(=O)N(C)CCc1cc[nH]c1. The van der Waals surface area contributed by atoms with Crippen LogP contribution in [0, 0.1) is 23.2 Å². The molecule has 92 valence electrons. The molecule has 1 N–H and O–H groups in total. The maximum Gasteiger partial charge on any atom is 0.239 e. The first-order valence-corrected chi connectivity index (χ1v) is 5.82. The van der Waals surface area contributed by atoms with Crippen LogP contribution in [0.15, 0.2) is 18.5 Å². The summed E-state index contributed by atoms with van der Waals surface area (Å²) >= 11 is 0. The van der Waals surface area contributed by atoms with Crippen LogP contribution in [0.4, 0.5) is 0 Å². The summed E-state index contributed by atoms with van der Waals surface area (Å²) in [6.07, 6.45) is 4.59. The first kappa shape index (κ1) is 13.3. The molecule has 0 radical (unpaired) electrons. The van der Waals surface area contributed by atoms with Gasteiger partial charge in [0.25, 0.3) is 0 Å². The van der Waals surface area contributed by atoms with Crippen LogP contribution in [0.3, 0.4) is 0 Å². The summed E-state index contributed by atoms with van der Waals surface area (Å²) < 4.78 is 0. The minimum absolute atomic E-state index is 0.0576. The molecule has 0 aromatic carbocycles. The van der Waals surface area contributed by atoms with Gasteiger partial charge in [0.1, 0.15) is 5.92 Å². The standard InChI is InChI=1S/C13H19N3O/c1-10(2)12(8-14)13(17)16(3)7-5-11-4-6-15-9-11/h4,6,9-10,12,15H,5,7H2,1-3H3. The van der Waals surface area contributed by atoms with E-state index in [1.165, 1.54) is 5.56 Å². The maximum absolute atomic E-state index is 12.0. The number of nitrogens with zero attached hydrogens (tertiary/aromatic N) is 2. The molecule has 4 nitrogen and oxygen atoms in total. The molecule has 1 rings (SSSR count). The van der Waals surface area contributed by atoms with E-state index in [1.807, 2.05) is 32.3 Å². The van der Waals surface area contributed by atoms with E-state index in [2.05, 4.69) is 11.1 Å². The molecule has 1 aromatic heterocycles. The fourth-order valence-electron chi connectivity index (χ4n) is 1.65. The van der Waals surface area contributed by atoms with Crippen molar-refractivity contribution in [1.29, 1.82) is 5.26 Å². The van der Waals surface area contributed by atoms with Crippen molar-refractivity contribution in [3.8, 4) is 6.07 Å². The third kappa shape index (κ3) is 3.63. The van der Waals surface area contributed by atoms with Crippen molar-refractivity contribution < 1.29 is 4.79 Å². The van der Waals surface area contributed by atoms with Gasteiger partial charge in [-0.05, 0) is 24.0 Å². The van der Waals surface area contributed by atoms with Crippen molar-refractivity contribution in [3.63, 3.8) is 0 Å². The first-order valence-electron chi connectivity index (χ1n) is 5.82. The Balaban J connectivity index is 2.50. The Hall–Kier alpha value is -1.76. The van der Waals surface area contributed by atoms with Crippen molar-refractivity contribution in [1.82, 2.24) is 9.88 Å². The Morgan fingerprint density at radius 3 is 2.76 bits per heavy atom. The number of aromatic nitrogens is 1. The van der Waals surface area contributed by atoms with Gasteiger partial charge in [0, 0.05) is 26.0 Å². The van der Waals surface area contributed by atoms with E-state index in [1.54, 1.807) is 11.9 Å². The summed E-state index contributed by atoms with van der Waals surface area (Å²) in [7, 11) is 1.75. The van der Waals surface area contributed by atoms with Gasteiger partial charge in [0.05, 0.1) is 6.07 Å². The Labute approximate surface area is 102 Å². The molecule has 0 saturated carbocycles. The van der Waals surface area contributed by atoms with Gasteiger partial charge in [0.15, 0.2) is 0 Å². The van der Waals surface area contributed by atoms with Crippen molar-refractivity contribution >= 4 is 5.91 Å². The van der Waals surface area contributed by atoms with Crippen molar-refractivity contribution in [3.05, 3.63) is 24.0 Å². The lowest BCUT2D eigenvalue weighted by Gasteiger charge is -2.21. The number of nitriles is 1.